The van der Waals surface area contributed by atoms with Crippen LogP contribution in [0.2, 0.25) is 0 Å². The zero-order valence-corrected chi connectivity index (χ0v) is 11.4. The first-order valence-corrected chi connectivity index (χ1v) is 6.24. The number of rotatable bonds is 6. The molecule has 0 unspecified atom stereocenters. The standard InChI is InChI=1S/C14H14FN3O3/c1-16-7-11-5-13(18(19)20)2-3-14(11)21-9-10-4-12(15)8-17-6-10/h2-6,8,16H,7,9H2,1H3. The van der Waals surface area contributed by atoms with E-state index in [1.165, 1.54) is 30.5 Å². The topological polar surface area (TPSA) is 77.3 Å². The number of benzene rings is 1. The number of nitro groups is 1. The van der Waals surface area contributed by atoms with E-state index in [1.54, 1.807) is 7.05 Å². The van der Waals surface area contributed by atoms with Crippen LogP contribution in [0.5, 0.6) is 5.75 Å². The first-order valence-electron chi connectivity index (χ1n) is 6.24. The average molecular weight is 291 g/mol. The van der Waals surface area contributed by atoms with Gasteiger partial charge in [-0.05, 0) is 19.2 Å². The Balaban J connectivity index is 2.16. The molecule has 7 heteroatoms. The van der Waals surface area contributed by atoms with Gasteiger partial charge in [-0.3, -0.25) is 15.1 Å². The summed E-state index contributed by atoms with van der Waals surface area (Å²) in [5.74, 6) is 0.0782. The van der Waals surface area contributed by atoms with Gasteiger partial charge in [0.15, 0.2) is 0 Å². The number of halogens is 1. The Kier molecular flexibility index (Phi) is 4.78. The second-order valence-corrected chi connectivity index (χ2v) is 4.38. The molecule has 0 aliphatic rings. The number of hydrogen-bond donors (Lipinski definition) is 1. The molecule has 0 amide bonds. The van der Waals surface area contributed by atoms with Crippen molar-refractivity contribution in [2.24, 2.45) is 0 Å². The summed E-state index contributed by atoms with van der Waals surface area (Å²) in [5, 5.41) is 13.7. The highest BCUT2D eigenvalue weighted by Crippen LogP contribution is 2.25. The summed E-state index contributed by atoms with van der Waals surface area (Å²) in [6.07, 6.45) is 2.62. The molecule has 0 fully saturated rings. The lowest BCUT2D eigenvalue weighted by atomic mass is 10.1. The maximum absolute atomic E-state index is 13.0. The fraction of sp³-hybridized carbons (Fsp3) is 0.214. The van der Waals surface area contributed by atoms with Crippen LogP contribution in [0.3, 0.4) is 0 Å². The number of pyridine rings is 1. The highest BCUT2D eigenvalue weighted by molar-refractivity contribution is 5.43. The molecule has 0 saturated heterocycles. The van der Waals surface area contributed by atoms with Crippen LogP contribution in [0.1, 0.15) is 11.1 Å². The fourth-order valence-corrected chi connectivity index (χ4v) is 1.84. The van der Waals surface area contributed by atoms with Crippen LogP contribution < -0.4 is 10.1 Å². The van der Waals surface area contributed by atoms with Crippen molar-refractivity contribution < 1.29 is 14.1 Å². The highest BCUT2D eigenvalue weighted by Gasteiger charge is 2.11. The molecule has 21 heavy (non-hydrogen) atoms. The number of nitrogens with zero attached hydrogens (tertiary/aromatic N) is 2. The van der Waals surface area contributed by atoms with Gasteiger partial charge in [-0.25, -0.2) is 4.39 Å². The maximum atomic E-state index is 13.0. The number of nitro benzene ring substituents is 1. The molecule has 1 heterocycles. The molecule has 0 atom stereocenters. The predicted octanol–water partition coefficient (Wildman–Crippen LogP) is 2.43. The molecule has 0 aliphatic heterocycles. The largest absolute Gasteiger partial charge is 0.489 e. The van der Waals surface area contributed by atoms with Crippen LogP contribution >= 0.6 is 0 Å². The van der Waals surface area contributed by atoms with Crippen LogP contribution in [0.15, 0.2) is 36.7 Å². The van der Waals surface area contributed by atoms with Crippen molar-refractivity contribution in [1.82, 2.24) is 10.3 Å². The van der Waals surface area contributed by atoms with Crippen LogP contribution in [-0.4, -0.2) is 17.0 Å². The molecule has 2 rings (SSSR count). The lowest BCUT2D eigenvalue weighted by Crippen LogP contribution is -2.08. The molecule has 1 aromatic heterocycles. The van der Waals surface area contributed by atoms with Gasteiger partial charge in [-0.1, -0.05) is 0 Å². The van der Waals surface area contributed by atoms with Gasteiger partial charge in [-0.15, -0.1) is 0 Å². The van der Waals surface area contributed by atoms with Gasteiger partial charge in [0.25, 0.3) is 5.69 Å². The van der Waals surface area contributed by atoms with E-state index < -0.39 is 10.7 Å². The Morgan fingerprint density at radius 1 is 1.38 bits per heavy atom. The minimum absolute atomic E-state index is 0.0000206. The summed E-state index contributed by atoms with van der Waals surface area (Å²) < 4.78 is 18.6. The Morgan fingerprint density at radius 2 is 2.19 bits per heavy atom. The van der Waals surface area contributed by atoms with Gasteiger partial charge in [0, 0.05) is 36.0 Å². The number of aromatic nitrogens is 1. The minimum Gasteiger partial charge on any atom is -0.489 e. The third-order valence-electron chi connectivity index (χ3n) is 2.78. The van der Waals surface area contributed by atoms with Gasteiger partial charge < -0.3 is 10.1 Å². The second kappa shape index (κ2) is 6.76. The van der Waals surface area contributed by atoms with Gasteiger partial charge >= 0.3 is 0 Å². The first kappa shape index (κ1) is 14.9. The Hall–Kier alpha value is -2.54. The first-order chi connectivity index (χ1) is 10.1. The Morgan fingerprint density at radius 3 is 2.86 bits per heavy atom. The smallest absolute Gasteiger partial charge is 0.270 e. The van der Waals surface area contributed by atoms with Crippen molar-refractivity contribution in [3.8, 4) is 5.75 Å². The summed E-state index contributed by atoms with van der Waals surface area (Å²) in [4.78, 5) is 14.1. The van der Waals surface area contributed by atoms with E-state index in [0.29, 0.717) is 23.4 Å². The van der Waals surface area contributed by atoms with Crippen LogP contribution in [-0.2, 0) is 13.2 Å². The summed E-state index contributed by atoms with van der Waals surface area (Å²) in [7, 11) is 1.74. The molecule has 2 aromatic rings. The SMILES string of the molecule is CNCc1cc([N+](=O)[O-])ccc1OCc1cncc(F)c1. The third kappa shape index (κ3) is 3.96. The van der Waals surface area contributed by atoms with Gasteiger partial charge in [-0.2, -0.15) is 0 Å². The molecule has 0 saturated carbocycles. The predicted molar refractivity (Wildman–Crippen MR) is 74.4 cm³/mol. The molecule has 0 radical (unpaired) electrons. The molecular weight excluding hydrogens is 277 g/mol. The average Bonchev–Trinajstić information content (AvgIpc) is 2.46. The van der Waals surface area contributed by atoms with Crippen molar-refractivity contribution in [2.45, 2.75) is 13.2 Å². The van der Waals surface area contributed by atoms with E-state index in [1.807, 2.05) is 0 Å². The van der Waals surface area contributed by atoms with E-state index in [9.17, 15) is 14.5 Å². The molecule has 0 spiro atoms. The van der Waals surface area contributed by atoms with Crippen molar-refractivity contribution in [2.75, 3.05) is 7.05 Å². The molecule has 1 N–H and O–H groups in total. The normalized spacial score (nSPS) is 10.4. The number of ether oxygens (including phenoxy) is 1. The lowest BCUT2D eigenvalue weighted by molar-refractivity contribution is -0.384. The monoisotopic (exact) mass is 291 g/mol. The van der Waals surface area contributed by atoms with Gasteiger partial charge in [0.05, 0.1) is 11.1 Å². The van der Waals surface area contributed by atoms with Gasteiger partial charge in [0.2, 0.25) is 0 Å². The van der Waals surface area contributed by atoms with E-state index in [4.69, 9.17) is 4.74 Å². The van der Waals surface area contributed by atoms with Crippen molar-refractivity contribution in [3.63, 3.8) is 0 Å². The molecule has 0 aliphatic carbocycles. The van der Waals surface area contributed by atoms with Crippen LogP contribution in [0.25, 0.3) is 0 Å². The van der Waals surface area contributed by atoms with Gasteiger partial charge in [0.1, 0.15) is 18.2 Å². The number of nitrogens with one attached hydrogen (secondary N) is 1. The molecule has 6 nitrogen and oxygen atoms in total. The molecule has 0 bridgehead atoms. The van der Waals surface area contributed by atoms with Crippen molar-refractivity contribution >= 4 is 5.69 Å². The van der Waals surface area contributed by atoms with Crippen LogP contribution in [0, 0.1) is 15.9 Å². The Labute approximate surface area is 120 Å². The highest BCUT2D eigenvalue weighted by atomic mass is 19.1. The summed E-state index contributed by atoms with van der Waals surface area (Å²) in [6.45, 7) is 0.567. The summed E-state index contributed by atoms with van der Waals surface area (Å²) in [6, 6.07) is 5.70. The lowest BCUT2D eigenvalue weighted by Gasteiger charge is -2.11. The Bertz CT molecular complexity index is 649. The van der Waals surface area contributed by atoms with Crippen molar-refractivity contribution in [3.05, 3.63) is 63.7 Å². The van der Waals surface area contributed by atoms with E-state index in [0.717, 1.165) is 6.20 Å². The number of hydrogen-bond acceptors (Lipinski definition) is 5. The van der Waals surface area contributed by atoms with Crippen LogP contribution in [0.4, 0.5) is 10.1 Å². The number of non-ortho nitro benzene ring substituents is 1. The third-order valence-corrected chi connectivity index (χ3v) is 2.78. The van der Waals surface area contributed by atoms with Crippen molar-refractivity contribution in [1.29, 1.82) is 0 Å². The zero-order valence-electron chi connectivity index (χ0n) is 11.4. The van der Waals surface area contributed by atoms with E-state index in [-0.39, 0.29) is 12.3 Å². The van der Waals surface area contributed by atoms with E-state index >= 15 is 0 Å². The fourth-order valence-electron chi connectivity index (χ4n) is 1.84. The molecule has 1 aromatic carbocycles. The zero-order chi connectivity index (χ0) is 15.2. The molecular formula is C14H14FN3O3. The summed E-state index contributed by atoms with van der Waals surface area (Å²) in [5.41, 5.74) is 1.25. The minimum atomic E-state index is -0.459. The molecule has 110 valence electrons. The van der Waals surface area contributed by atoms with E-state index in [2.05, 4.69) is 10.3 Å². The second-order valence-electron chi connectivity index (χ2n) is 4.38. The maximum Gasteiger partial charge on any atom is 0.270 e. The quantitative estimate of drug-likeness (QED) is 0.653. The summed E-state index contributed by atoms with van der Waals surface area (Å²) >= 11 is 0.